The van der Waals surface area contributed by atoms with Crippen molar-refractivity contribution in [2.45, 2.75) is 20.3 Å². The van der Waals surface area contributed by atoms with Crippen LogP contribution in [0.4, 0.5) is 27.1 Å². The Balaban J connectivity index is 1.14. The van der Waals surface area contributed by atoms with Crippen molar-refractivity contribution in [2.75, 3.05) is 23.8 Å². The smallest absolute Gasteiger partial charge is 0.157 e. The van der Waals surface area contributed by atoms with Crippen LogP contribution < -0.4 is 10.6 Å². The van der Waals surface area contributed by atoms with Crippen LogP contribution in [0.5, 0.6) is 0 Å². The lowest BCUT2D eigenvalue weighted by Crippen LogP contribution is -2.08. The van der Waals surface area contributed by atoms with E-state index in [1.807, 2.05) is 80.6 Å². The molecule has 0 radical (unpaired) electrons. The Morgan fingerprint density at radius 1 is 0.810 bits per heavy atom. The molecule has 2 aromatic carbocycles. The minimum atomic E-state index is -0.211. The Kier molecular flexibility index (Phi) is 6.56. The summed E-state index contributed by atoms with van der Waals surface area (Å²) in [5, 5.41) is 7.82. The first-order valence-electron chi connectivity index (χ1n) is 13.8. The Morgan fingerprint density at radius 3 is 2.50 bits per heavy atom. The summed E-state index contributed by atoms with van der Waals surface area (Å²) < 4.78 is 19.8. The van der Waals surface area contributed by atoms with Crippen LogP contribution in [0.25, 0.3) is 39.0 Å². The van der Waals surface area contributed by atoms with Gasteiger partial charge >= 0.3 is 0 Å². The van der Waals surface area contributed by atoms with Crippen LogP contribution >= 0.6 is 0 Å². The van der Waals surface area contributed by atoms with E-state index in [1.54, 1.807) is 12.4 Å². The number of hydrogen-bond acceptors (Lipinski definition) is 7. The molecular weight excluding hydrogens is 529 g/mol. The van der Waals surface area contributed by atoms with Gasteiger partial charge in [-0.3, -0.25) is 15.0 Å². The van der Waals surface area contributed by atoms with Crippen molar-refractivity contribution in [3.63, 3.8) is 0 Å². The zero-order valence-corrected chi connectivity index (χ0v) is 23.2. The molecule has 4 aromatic heterocycles. The molecule has 8 nitrogen and oxygen atoms in total. The quantitative estimate of drug-likeness (QED) is 0.192. The second-order valence-corrected chi connectivity index (χ2v) is 10.4. The number of benzene rings is 2. The fourth-order valence-electron chi connectivity index (χ4n) is 5.27. The predicted octanol–water partition coefficient (Wildman–Crippen LogP) is 7.77. The minimum absolute atomic E-state index is 0.0251. The van der Waals surface area contributed by atoms with Crippen molar-refractivity contribution in [1.29, 1.82) is 0 Å². The monoisotopic (exact) mass is 557 g/mol. The van der Waals surface area contributed by atoms with E-state index < -0.39 is 0 Å². The van der Waals surface area contributed by atoms with Crippen molar-refractivity contribution in [3.8, 4) is 11.5 Å². The lowest BCUT2D eigenvalue weighted by Gasteiger charge is -2.17. The molecule has 9 heteroatoms. The molecule has 0 saturated carbocycles. The average molecular weight is 558 g/mol. The van der Waals surface area contributed by atoms with E-state index in [1.165, 1.54) is 0 Å². The largest absolute Gasteiger partial charge is 0.374 e. The molecule has 0 fully saturated rings. The van der Waals surface area contributed by atoms with Gasteiger partial charge in [-0.15, -0.1) is 0 Å². The standard InChI is InChI=1S/C33H28FN7O/c1-19-13-23(9-11-35-19)38-22-4-7-29-32(16-22)41-33(40-29)30-8-5-24(17-36-30)39-31-14-20(2)37-28-6-3-21(15-26(28)31)25-10-12-42-18-27(25)34/h3-9,11,13-17H,10,12,18H2,1-2H3,(H,35,38)(H,37,39)(H,40,41). The number of aryl methyl sites for hydroxylation is 2. The molecule has 1 aliphatic rings. The van der Waals surface area contributed by atoms with E-state index in [-0.39, 0.29) is 12.4 Å². The summed E-state index contributed by atoms with van der Waals surface area (Å²) >= 11 is 0. The first-order chi connectivity index (χ1) is 20.5. The van der Waals surface area contributed by atoms with Crippen LogP contribution in [0.1, 0.15) is 23.4 Å². The Bertz CT molecular complexity index is 1980. The van der Waals surface area contributed by atoms with Crippen LogP contribution in [0.3, 0.4) is 0 Å². The number of hydrogen-bond donors (Lipinski definition) is 3. The van der Waals surface area contributed by atoms with E-state index in [0.29, 0.717) is 24.4 Å². The van der Waals surface area contributed by atoms with Crippen LogP contribution in [0.15, 0.2) is 85.0 Å². The number of rotatable bonds is 6. The third-order valence-corrected chi connectivity index (χ3v) is 7.29. The predicted molar refractivity (Wildman–Crippen MR) is 165 cm³/mol. The van der Waals surface area contributed by atoms with Gasteiger partial charge in [0.05, 0.1) is 41.6 Å². The van der Waals surface area contributed by atoms with Gasteiger partial charge in [0.15, 0.2) is 5.82 Å². The molecule has 7 rings (SSSR count). The SMILES string of the molecule is Cc1cc(Nc2ccc3nc(-c4ccc(Nc5cc(C)nc6ccc(C7=C(F)COCC7)cc56)cn4)[nH]c3c2)ccn1. The van der Waals surface area contributed by atoms with Crippen molar-refractivity contribution in [2.24, 2.45) is 0 Å². The summed E-state index contributed by atoms with van der Waals surface area (Å²) in [6, 6.07) is 21.7. The van der Waals surface area contributed by atoms with Gasteiger partial charge < -0.3 is 20.4 Å². The number of pyridine rings is 3. The van der Waals surface area contributed by atoms with Gasteiger partial charge in [-0.2, -0.15) is 0 Å². The number of ether oxygens (including phenoxy) is 1. The van der Waals surface area contributed by atoms with Gasteiger partial charge in [0.25, 0.3) is 0 Å². The molecule has 0 saturated heterocycles. The summed E-state index contributed by atoms with van der Waals surface area (Å²) in [6.45, 7) is 4.47. The number of aromatic amines is 1. The number of anilines is 4. The van der Waals surface area contributed by atoms with E-state index in [4.69, 9.17) is 9.72 Å². The minimum Gasteiger partial charge on any atom is -0.374 e. The van der Waals surface area contributed by atoms with Gasteiger partial charge in [-0.05, 0) is 92.1 Å². The summed E-state index contributed by atoms with van der Waals surface area (Å²) in [7, 11) is 0. The number of H-pyrrole nitrogens is 1. The molecule has 0 amide bonds. The highest BCUT2D eigenvalue weighted by atomic mass is 19.1. The second-order valence-electron chi connectivity index (χ2n) is 10.4. The number of fused-ring (bicyclic) bond motifs is 2. The maximum atomic E-state index is 14.5. The highest BCUT2D eigenvalue weighted by Crippen LogP contribution is 2.33. The highest BCUT2D eigenvalue weighted by molar-refractivity contribution is 5.95. The van der Waals surface area contributed by atoms with Gasteiger partial charge in [0, 0.05) is 40.0 Å². The second kappa shape index (κ2) is 10.7. The molecule has 6 aromatic rings. The number of nitrogens with zero attached hydrogens (tertiary/aromatic N) is 4. The summed E-state index contributed by atoms with van der Waals surface area (Å²) in [5.41, 5.74) is 10.4. The Hall–Kier alpha value is -5.15. The van der Waals surface area contributed by atoms with E-state index in [9.17, 15) is 4.39 Å². The van der Waals surface area contributed by atoms with Gasteiger partial charge in [-0.1, -0.05) is 6.07 Å². The number of imidazole rings is 1. The maximum absolute atomic E-state index is 14.5. The van der Waals surface area contributed by atoms with Crippen molar-refractivity contribution < 1.29 is 9.13 Å². The molecule has 5 heterocycles. The van der Waals surface area contributed by atoms with Crippen molar-refractivity contribution in [3.05, 3.63) is 102 Å². The lowest BCUT2D eigenvalue weighted by atomic mass is 9.98. The van der Waals surface area contributed by atoms with Gasteiger partial charge in [0.1, 0.15) is 11.5 Å². The van der Waals surface area contributed by atoms with Crippen LogP contribution in [0.2, 0.25) is 0 Å². The Labute approximate surface area is 241 Å². The number of aromatic nitrogens is 5. The summed E-state index contributed by atoms with van der Waals surface area (Å²) in [5.74, 6) is 0.479. The lowest BCUT2D eigenvalue weighted by molar-refractivity contribution is 0.138. The first kappa shape index (κ1) is 25.8. The fraction of sp³-hybridized carbons (Fsp3) is 0.152. The first-order valence-corrected chi connectivity index (χ1v) is 13.8. The van der Waals surface area contributed by atoms with Crippen LogP contribution in [-0.4, -0.2) is 38.1 Å². The highest BCUT2D eigenvalue weighted by Gasteiger charge is 2.16. The summed E-state index contributed by atoms with van der Waals surface area (Å²) in [6.07, 6.45) is 4.12. The van der Waals surface area contributed by atoms with Crippen LogP contribution in [0, 0.1) is 13.8 Å². The normalized spacial score (nSPS) is 13.6. The zero-order valence-electron chi connectivity index (χ0n) is 23.2. The van der Waals surface area contributed by atoms with E-state index in [2.05, 4.69) is 30.6 Å². The fourth-order valence-corrected chi connectivity index (χ4v) is 5.27. The van der Waals surface area contributed by atoms with Crippen LogP contribution in [-0.2, 0) is 4.74 Å². The Morgan fingerprint density at radius 2 is 1.67 bits per heavy atom. The molecule has 0 atom stereocenters. The third-order valence-electron chi connectivity index (χ3n) is 7.29. The van der Waals surface area contributed by atoms with Crippen molar-refractivity contribution >= 4 is 50.3 Å². The van der Waals surface area contributed by atoms with E-state index >= 15 is 0 Å². The molecule has 3 N–H and O–H groups in total. The third kappa shape index (κ3) is 5.17. The molecule has 42 heavy (non-hydrogen) atoms. The molecule has 0 bridgehead atoms. The van der Waals surface area contributed by atoms with Gasteiger partial charge in [0.2, 0.25) is 0 Å². The maximum Gasteiger partial charge on any atom is 0.157 e. The average Bonchev–Trinajstić information content (AvgIpc) is 3.41. The molecular formula is C33H28FN7O. The van der Waals surface area contributed by atoms with E-state index in [0.717, 1.165) is 67.3 Å². The number of halogens is 1. The zero-order chi connectivity index (χ0) is 28.6. The molecule has 208 valence electrons. The van der Waals surface area contributed by atoms with Crippen molar-refractivity contribution in [1.82, 2.24) is 24.9 Å². The summed E-state index contributed by atoms with van der Waals surface area (Å²) in [4.78, 5) is 21.7. The van der Waals surface area contributed by atoms with Gasteiger partial charge in [-0.25, -0.2) is 9.37 Å². The molecule has 0 unspecified atom stereocenters. The molecule has 0 spiro atoms. The number of nitrogens with one attached hydrogen (secondary N) is 3. The molecule has 1 aliphatic heterocycles. The molecule has 0 aliphatic carbocycles. The topological polar surface area (TPSA) is 101 Å².